The van der Waals surface area contributed by atoms with Crippen LogP contribution in [0.4, 0.5) is 5.69 Å². The maximum Gasteiger partial charge on any atom is 0.237 e. The van der Waals surface area contributed by atoms with Crippen LogP contribution in [0.3, 0.4) is 0 Å². The van der Waals surface area contributed by atoms with Gasteiger partial charge in [-0.15, -0.1) is 0 Å². The normalized spacial score (nSPS) is 20.7. The molecule has 0 unspecified atom stereocenters. The molecule has 29 heavy (non-hydrogen) atoms. The van der Waals surface area contributed by atoms with Crippen LogP contribution in [0, 0.1) is 5.41 Å². The Bertz CT molecular complexity index is 754. The lowest BCUT2D eigenvalue weighted by Gasteiger charge is -2.38. The van der Waals surface area contributed by atoms with Gasteiger partial charge in [0.15, 0.2) is 0 Å². The maximum absolute atomic E-state index is 12.5. The Hall–Kier alpha value is -2.41. The molecule has 0 spiro atoms. The highest BCUT2D eigenvalue weighted by atomic mass is 16.2. The summed E-state index contributed by atoms with van der Waals surface area (Å²) in [5.41, 5.74) is 1.93. The number of benzene rings is 1. The molecule has 0 bridgehead atoms. The van der Waals surface area contributed by atoms with Crippen molar-refractivity contribution >= 4 is 23.4 Å². The summed E-state index contributed by atoms with van der Waals surface area (Å²) in [4.78, 5) is 40.6. The van der Waals surface area contributed by atoms with Crippen molar-refractivity contribution in [2.45, 2.75) is 52.6 Å². The zero-order valence-corrected chi connectivity index (χ0v) is 17.7. The third-order valence-corrected chi connectivity index (χ3v) is 5.31. The smallest absolute Gasteiger partial charge is 0.237 e. The third-order valence-electron chi connectivity index (χ3n) is 5.31. The predicted molar refractivity (Wildman–Crippen MR) is 112 cm³/mol. The first-order valence-electron chi connectivity index (χ1n) is 10.4. The van der Waals surface area contributed by atoms with Gasteiger partial charge in [-0.05, 0) is 29.5 Å². The number of carbonyl (C=O) groups is 3. The van der Waals surface area contributed by atoms with Gasteiger partial charge in [0.25, 0.3) is 0 Å². The summed E-state index contributed by atoms with van der Waals surface area (Å²) >= 11 is 0. The molecule has 1 aromatic carbocycles. The van der Waals surface area contributed by atoms with Crippen molar-refractivity contribution in [3.8, 4) is 0 Å². The molecular formula is C22H32N4O3. The summed E-state index contributed by atoms with van der Waals surface area (Å²) in [6.45, 7) is 9.73. The standard InChI is InChI=1S/C22H32N4O3/c1-22(2,3)15-25-12-10-23-21(29)18(25)13-19(27)24-14-16-6-8-17(9-7-16)26-11-4-5-20(26)28/h6-9,18H,4-5,10-15H2,1-3H3,(H,23,29)(H,24,27)/t18-/m0/s1. The number of nitrogens with one attached hydrogen (secondary N) is 2. The van der Waals surface area contributed by atoms with Gasteiger partial charge in [-0.3, -0.25) is 19.3 Å². The van der Waals surface area contributed by atoms with Gasteiger partial charge in [-0.25, -0.2) is 0 Å². The predicted octanol–water partition coefficient (Wildman–Crippen LogP) is 1.67. The average Bonchev–Trinajstić information content (AvgIpc) is 3.08. The Morgan fingerprint density at radius 1 is 1.17 bits per heavy atom. The van der Waals surface area contributed by atoms with Crippen LogP contribution in [0.25, 0.3) is 0 Å². The molecule has 0 saturated carbocycles. The zero-order valence-electron chi connectivity index (χ0n) is 17.7. The molecule has 2 heterocycles. The molecule has 7 nitrogen and oxygen atoms in total. The molecule has 158 valence electrons. The molecule has 3 rings (SSSR count). The fraction of sp³-hybridized carbons (Fsp3) is 0.591. The van der Waals surface area contributed by atoms with Crippen molar-refractivity contribution in [3.63, 3.8) is 0 Å². The number of hydrogen-bond donors (Lipinski definition) is 2. The van der Waals surface area contributed by atoms with Gasteiger partial charge < -0.3 is 15.5 Å². The van der Waals surface area contributed by atoms with Gasteiger partial charge in [-0.2, -0.15) is 0 Å². The SMILES string of the molecule is CC(C)(C)CN1CCNC(=O)[C@@H]1CC(=O)NCc1ccc(N2CCCC2=O)cc1. The van der Waals surface area contributed by atoms with Gasteiger partial charge in [0.1, 0.15) is 0 Å². The minimum atomic E-state index is -0.425. The largest absolute Gasteiger partial charge is 0.353 e. The summed E-state index contributed by atoms with van der Waals surface area (Å²) in [7, 11) is 0. The molecule has 2 fully saturated rings. The van der Waals surface area contributed by atoms with Gasteiger partial charge in [0.05, 0.1) is 12.5 Å². The van der Waals surface area contributed by atoms with Crippen molar-refractivity contribution in [2.24, 2.45) is 5.41 Å². The van der Waals surface area contributed by atoms with Crippen molar-refractivity contribution in [1.29, 1.82) is 0 Å². The fourth-order valence-corrected chi connectivity index (χ4v) is 3.95. The van der Waals surface area contributed by atoms with Crippen molar-refractivity contribution in [1.82, 2.24) is 15.5 Å². The van der Waals surface area contributed by atoms with Gasteiger partial charge in [-0.1, -0.05) is 32.9 Å². The number of piperazine rings is 1. The van der Waals surface area contributed by atoms with Crippen LogP contribution in [0.1, 0.15) is 45.6 Å². The summed E-state index contributed by atoms with van der Waals surface area (Å²) in [6, 6.07) is 7.28. The molecule has 2 aliphatic rings. The number of rotatable bonds is 6. The summed E-state index contributed by atoms with van der Waals surface area (Å²) < 4.78 is 0. The molecular weight excluding hydrogens is 368 g/mol. The van der Waals surface area contributed by atoms with Gasteiger partial charge in [0.2, 0.25) is 17.7 Å². The Balaban J connectivity index is 1.53. The summed E-state index contributed by atoms with van der Waals surface area (Å²) in [5.74, 6) is -0.0448. The monoisotopic (exact) mass is 400 g/mol. The highest BCUT2D eigenvalue weighted by molar-refractivity contribution is 5.95. The molecule has 2 N–H and O–H groups in total. The quantitative estimate of drug-likeness (QED) is 0.761. The van der Waals surface area contributed by atoms with E-state index in [2.05, 4.69) is 36.3 Å². The van der Waals surface area contributed by atoms with E-state index in [1.54, 1.807) is 4.90 Å². The molecule has 1 atom stereocenters. The molecule has 3 amide bonds. The Labute approximate surface area is 172 Å². The Morgan fingerprint density at radius 3 is 2.52 bits per heavy atom. The van der Waals surface area contributed by atoms with E-state index < -0.39 is 6.04 Å². The zero-order chi connectivity index (χ0) is 21.0. The first-order valence-corrected chi connectivity index (χ1v) is 10.4. The van der Waals surface area contributed by atoms with E-state index in [4.69, 9.17) is 0 Å². The second-order valence-electron chi connectivity index (χ2n) is 9.13. The van der Waals surface area contributed by atoms with Crippen LogP contribution < -0.4 is 15.5 Å². The minimum absolute atomic E-state index is 0.0603. The van der Waals surface area contributed by atoms with E-state index in [1.165, 1.54) is 0 Å². The highest BCUT2D eigenvalue weighted by Crippen LogP contribution is 2.22. The van der Waals surface area contributed by atoms with Crippen molar-refractivity contribution in [2.75, 3.05) is 31.1 Å². The van der Waals surface area contributed by atoms with Crippen LogP contribution in [-0.4, -0.2) is 54.8 Å². The number of anilines is 1. The molecule has 2 saturated heterocycles. The second-order valence-corrected chi connectivity index (χ2v) is 9.13. The third kappa shape index (κ3) is 5.79. The van der Waals surface area contributed by atoms with Crippen molar-refractivity contribution < 1.29 is 14.4 Å². The van der Waals surface area contributed by atoms with Crippen LogP contribution in [0.15, 0.2) is 24.3 Å². The average molecular weight is 401 g/mol. The van der Waals surface area contributed by atoms with Crippen LogP contribution in [-0.2, 0) is 20.9 Å². The van der Waals surface area contributed by atoms with E-state index >= 15 is 0 Å². The van der Waals surface area contributed by atoms with E-state index in [1.807, 2.05) is 24.3 Å². The minimum Gasteiger partial charge on any atom is -0.353 e. The Morgan fingerprint density at radius 2 is 1.90 bits per heavy atom. The van der Waals surface area contributed by atoms with Gasteiger partial charge in [0, 0.05) is 44.8 Å². The van der Waals surface area contributed by atoms with E-state index in [0.717, 1.165) is 37.3 Å². The molecule has 7 heteroatoms. The second kappa shape index (κ2) is 8.95. The van der Waals surface area contributed by atoms with Crippen LogP contribution >= 0.6 is 0 Å². The molecule has 0 aliphatic carbocycles. The Kier molecular flexibility index (Phi) is 6.57. The van der Waals surface area contributed by atoms with E-state index in [9.17, 15) is 14.4 Å². The van der Waals surface area contributed by atoms with Gasteiger partial charge >= 0.3 is 0 Å². The topological polar surface area (TPSA) is 81.8 Å². The fourth-order valence-electron chi connectivity index (χ4n) is 3.95. The molecule has 2 aliphatic heterocycles. The van der Waals surface area contributed by atoms with E-state index in [0.29, 0.717) is 19.5 Å². The lowest BCUT2D eigenvalue weighted by atomic mass is 9.94. The molecule has 0 radical (unpaired) electrons. The first kappa shape index (κ1) is 21.3. The lowest BCUT2D eigenvalue weighted by Crippen LogP contribution is -2.58. The number of nitrogens with zero attached hydrogens (tertiary/aromatic N) is 2. The number of amides is 3. The summed E-state index contributed by atoms with van der Waals surface area (Å²) in [6.07, 6.45) is 1.67. The first-order chi connectivity index (χ1) is 13.7. The number of hydrogen-bond acceptors (Lipinski definition) is 4. The summed E-state index contributed by atoms with van der Waals surface area (Å²) in [5, 5.41) is 5.79. The van der Waals surface area contributed by atoms with Crippen LogP contribution in [0.2, 0.25) is 0 Å². The maximum atomic E-state index is 12.5. The number of carbonyl (C=O) groups excluding carboxylic acids is 3. The molecule has 1 aromatic rings. The van der Waals surface area contributed by atoms with Crippen LogP contribution in [0.5, 0.6) is 0 Å². The van der Waals surface area contributed by atoms with Crippen molar-refractivity contribution in [3.05, 3.63) is 29.8 Å². The highest BCUT2D eigenvalue weighted by Gasteiger charge is 2.33. The van der Waals surface area contributed by atoms with E-state index in [-0.39, 0.29) is 29.6 Å². The molecule has 0 aromatic heterocycles. The lowest BCUT2D eigenvalue weighted by molar-refractivity contribution is -0.134.